The zero-order chi connectivity index (χ0) is 18.0. The minimum atomic E-state index is -3.60. The van der Waals surface area contributed by atoms with E-state index in [1.54, 1.807) is 29.8 Å². The predicted octanol–water partition coefficient (Wildman–Crippen LogP) is 2.39. The third kappa shape index (κ3) is 3.75. The van der Waals surface area contributed by atoms with Crippen molar-refractivity contribution >= 4 is 27.3 Å². The molecule has 1 aromatic heterocycles. The van der Waals surface area contributed by atoms with Crippen molar-refractivity contribution in [2.75, 3.05) is 6.54 Å². The van der Waals surface area contributed by atoms with Crippen LogP contribution in [-0.4, -0.2) is 35.8 Å². The van der Waals surface area contributed by atoms with Gasteiger partial charge < -0.3 is 4.57 Å². The summed E-state index contributed by atoms with van der Waals surface area (Å²) in [4.78, 5) is 17.2. The SMILES string of the molecule is CC1CCCCN1S(=O)(=O)c1cccc(C(=O)N=c2sccn2C)c1. The highest BCUT2D eigenvalue weighted by Gasteiger charge is 2.31. The molecule has 1 aromatic carbocycles. The first-order valence-corrected chi connectivity index (χ1v) is 10.5. The van der Waals surface area contributed by atoms with E-state index in [0.29, 0.717) is 11.3 Å². The van der Waals surface area contributed by atoms with Crippen LogP contribution in [0.4, 0.5) is 0 Å². The van der Waals surface area contributed by atoms with Gasteiger partial charge in [0.2, 0.25) is 10.0 Å². The molecule has 0 N–H and O–H groups in total. The van der Waals surface area contributed by atoms with Gasteiger partial charge in [-0.15, -0.1) is 11.3 Å². The lowest BCUT2D eigenvalue weighted by atomic mass is 10.1. The minimum absolute atomic E-state index is 0.0204. The number of sulfonamides is 1. The molecule has 1 aliphatic rings. The summed E-state index contributed by atoms with van der Waals surface area (Å²) in [7, 11) is -1.79. The maximum atomic E-state index is 12.9. The first-order chi connectivity index (χ1) is 11.9. The van der Waals surface area contributed by atoms with Crippen LogP contribution in [-0.2, 0) is 17.1 Å². The highest BCUT2D eigenvalue weighted by atomic mass is 32.2. The second kappa shape index (κ2) is 7.23. The van der Waals surface area contributed by atoms with Crippen molar-refractivity contribution < 1.29 is 13.2 Å². The van der Waals surface area contributed by atoms with Crippen molar-refractivity contribution in [2.45, 2.75) is 37.1 Å². The Kier molecular flexibility index (Phi) is 5.21. The molecule has 1 atom stereocenters. The number of carbonyl (C=O) groups excluding carboxylic acids is 1. The molecule has 1 unspecified atom stereocenters. The molecule has 1 fully saturated rings. The Hall–Kier alpha value is -1.77. The molecule has 134 valence electrons. The van der Waals surface area contributed by atoms with Crippen LogP contribution in [0.1, 0.15) is 36.5 Å². The normalized spacial score (nSPS) is 19.9. The second-order valence-electron chi connectivity index (χ2n) is 6.20. The van der Waals surface area contributed by atoms with Gasteiger partial charge in [-0.2, -0.15) is 9.30 Å². The molecule has 0 aliphatic carbocycles. The Balaban J connectivity index is 1.94. The summed E-state index contributed by atoms with van der Waals surface area (Å²) < 4.78 is 29.1. The van der Waals surface area contributed by atoms with Crippen LogP contribution in [0.5, 0.6) is 0 Å². The van der Waals surface area contributed by atoms with Gasteiger partial charge in [-0.05, 0) is 38.0 Å². The molecule has 25 heavy (non-hydrogen) atoms. The number of aryl methyl sites for hydroxylation is 1. The van der Waals surface area contributed by atoms with E-state index in [9.17, 15) is 13.2 Å². The van der Waals surface area contributed by atoms with Gasteiger partial charge in [-0.3, -0.25) is 4.79 Å². The average molecular weight is 380 g/mol. The second-order valence-corrected chi connectivity index (χ2v) is 8.97. The van der Waals surface area contributed by atoms with Crippen LogP contribution in [0.15, 0.2) is 45.7 Å². The molecule has 1 aliphatic heterocycles. The van der Waals surface area contributed by atoms with Gasteiger partial charge in [0.25, 0.3) is 5.91 Å². The quantitative estimate of drug-likeness (QED) is 0.822. The number of nitrogens with zero attached hydrogens (tertiary/aromatic N) is 3. The maximum absolute atomic E-state index is 12.9. The van der Waals surface area contributed by atoms with Gasteiger partial charge in [0.05, 0.1) is 4.90 Å². The molecule has 0 bridgehead atoms. The summed E-state index contributed by atoms with van der Waals surface area (Å²) in [5.41, 5.74) is 0.277. The first kappa shape index (κ1) is 18.0. The Morgan fingerprint density at radius 2 is 2.12 bits per heavy atom. The van der Waals surface area contributed by atoms with E-state index < -0.39 is 15.9 Å². The molecular formula is C17H21N3O3S2. The van der Waals surface area contributed by atoms with Crippen LogP contribution >= 0.6 is 11.3 Å². The third-order valence-corrected chi connectivity index (χ3v) is 7.24. The van der Waals surface area contributed by atoms with Crippen LogP contribution in [0, 0.1) is 0 Å². The van der Waals surface area contributed by atoms with Gasteiger partial charge in [0, 0.05) is 36.8 Å². The van der Waals surface area contributed by atoms with Crippen LogP contribution in [0.2, 0.25) is 0 Å². The van der Waals surface area contributed by atoms with Crippen molar-refractivity contribution in [3.63, 3.8) is 0 Å². The van der Waals surface area contributed by atoms with Gasteiger partial charge in [0.1, 0.15) is 0 Å². The molecule has 0 radical (unpaired) electrons. The number of aromatic nitrogens is 1. The van der Waals surface area contributed by atoms with Crippen LogP contribution in [0.25, 0.3) is 0 Å². The molecule has 2 aromatic rings. The third-order valence-electron chi connectivity index (χ3n) is 4.39. The standard InChI is InChI=1S/C17H21N3O3S2/c1-13-6-3-4-9-20(13)25(22,23)15-8-5-7-14(12-15)16(21)18-17-19(2)10-11-24-17/h5,7-8,10-13H,3-4,6,9H2,1-2H3. The van der Waals surface area contributed by atoms with Gasteiger partial charge in [0.15, 0.2) is 4.80 Å². The highest BCUT2D eigenvalue weighted by Crippen LogP contribution is 2.25. The molecular weight excluding hydrogens is 358 g/mol. The molecule has 8 heteroatoms. The fraction of sp³-hybridized carbons (Fsp3) is 0.412. The maximum Gasteiger partial charge on any atom is 0.279 e. The first-order valence-electron chi connectivity index (χ1n) is 8.20. The Labute approximate surface area is 151 Å². The zero-order valence-corrected chi connectivity index (χ0v) is 15.9. The van der Waals surface area contributed by atoms with Crippen molar-refractivity contribution in [1.29, 1.82) is 0 Å². The lowest BCUT2D eigenvalue weighted by molar-refractivity contribution is 0.0997. The zero-order valence-electron chi connectivity index (χ0n) is 14.3. The minimum Gasteiger partial charge on any atom is -0.327 e. The Morgan fingerprint density at radius 1 is 1.32 bits per heavy atom. The number of thiazole rings is 1. The fourth-order valence-electron chi connectivity index (χ4n) is 2.94. The highest BCUT2D eigenvalue weighted by molar-refractivity contribution is 7.89. The van der Waals surface area contributed by atoms with Crippen molar-refractivity contribution in [2.24, 2.45) is 12.0 Å². The van der Waals surface area contributed by atoms with E-state index in [1.165, 1.54) is 21.7 Å². The molecule has 0 spiro atoms. The summed E-state index contributed by atoms with van der Waals surface area (Å²) in [6.45, 7) is 2.45. The largest absolute Gasteiger partial charge is 0.327 e. The van der Waals surface area contributed by atoms with E-state index in [4.69, 9.17) is 0 Å². The topological polar surface area (TPSA) is 71.7 Å². The molecule has 1 amide bonds. The number of carbonyl (C=O) groups is 1. The van der Waals surface area contributed by atoms with Crippen LogP contribution < -0.4 is 4.80 Å². The van der Waals surface area contributed by atoms with Crippen molar-refractivity contribution in [1.82, 2.24) is 8.87 Å². The number of benzene rings is 1. The number of piperidine rings is 1. The van der Waals surface area contributed by atoms with E-state index >= 15 is 0 Å². The van der Waals surface area contributed by atoms with Crippen LogP contribution in [0.3, 0.4) is 0 Å². The van der Waals surface area contributed by atoms with Gasteiger partial charge in [-0.1, -0.05) is 12.5 Å². The molecule has 6 nitrogen and oxygen atoms in total. The number of hydrogen-bond donors (Lipinski definition) is 0. The van der Waals surface area contributed by atoms with Gasteiger partial charge >= 0.3 is 0 Å². The molecule has 3 rings (SSSR count). The lowest BCUT2D eigenvalue weighted by Crippen LogP contribution is -2.41. The monoisotopic (exact) mass is 379 g/mol. The number of hydrogen-bond acceptors (Lipinski definition) is 4. The fourth-order valence-corrected chi connectivity index (χ4v) is 5.41. The summed E-state index contributed by atoms with van der Waals surface area (Å²) >= 11 is 1.35. The molecule has 2 heterocycles. The van der Waals surface area contributed by atoms with Gasteiger partial charge in [-0.25, -0.2) is 8.42 Å². The summed E-state index contributed by atoms with van der Waals surface area (Å²) in [6, 6.07) is 6.14. The number of amides is 1. The van der Waals surface area contributed by atoms with E-state index in [0.717, 1.165) is 19.3 Å². The van der Waals surface area contributed by atoms with E-state index in [1.807, 2.05) is 18.5 Å². The van der Waals surface area contributed by atoms with Crippen molar-refractivity contribution in [3.8, 4) is 0 Å². The predicted molar refractivity (Wildman–Crippen MR) is 96.8 cm³/mol. The van der Waals surface area contributed by atoms with E-state index in [-0.39, 0.29) is 16.5 Å². The summed E-state index contributed by atoms with van der Waals surface area (Å²) in [5.74, 6) is -0.443. The molecule has 1 saturated heterocycles. The smallest absolute Gasteiger partial charge is 0.279 e. The van der Waals surface area contributed by atoms with E-state index in [2.05, 4.69) is 4.99 Å². The Bertz CT molecular complexity index is 944. The van der Waals surface area contributed by atoms with Crippen molar-refractivity contribution in [3.05, 3.63) is 46.2 Å². The Morgan fingerprint density at radius 3 is 2.80 bits per heavy atom. The average Bonchev–Trinajstić information content (AvgIpc) is 3.00. The summed E-state index contributed by atoms with van der Waals surface area (Å²) in [5, 5.41) is 1.84. The summed E-state index contributed by atoms with van der Waals surface area (Å²) in [6.07, 6.45) is 4.59. The number of rotatable bonds is 3. The lowest BCUT2D eigenvalue weighted by Gasteiger charge is -2.32. The molecule has 0 saturated carbocycles.